The van der Waals surface area contributed by atoms with Gasteiger partial charge in [0.1, 0.15) is 18.4 Å². The van der Waals surface area contributed by atoms with Gasteiger partial charge in [0.15, 0.2) is 0 Å². The summed E-state index contributed by atoms with van der Waals surface area (Å²) in [5.41, 5.74) is 0. The van der Waals surface area contributed by atoms with Crippen LogP contribution in [0.25, 0.3) is 0 Å². The topological polar surface area (TPSA) is 99.1 Å². The molecule has 1 unspecified atom stereocenters. The molecule has 7 heteroatoms. The molecule has 1 aromatic rings. The van der Waals surface area contributed by atoms with Gasteiger partial charge in [0, 0.05) is 13.0 Å². The van der Waals surface area contributed by atoms with Gasteiger partial charge in [-0.1, -0.05) is 18.2 Å². The van der Waals surface area contributed by atoms with Crippen molar-refractivity contribution in [3.63, 3.8) is 0 Å². The Morgan fingerprint density at radius 2 is 2.05 bits per heavy atom. The van der Waals surface area contributed by atoms with Gasteiger partial charge in [0.05, 0.1) is 12.6 Å². The number of aliphatic hydroxyl groups is 1. The highest BCUT2D eigenvalue weighted by atomic mass is 16.5. The Balaban J connectivity index is 1.75. The van der Waals surface area contributed by atoms with E-state index in [4.69, 9.17) is 9.84 Å². The number of ether oxygens (including phenoxy) is 1. The average molecular weight is 294 g/mol. The van der Waals surface area contributed by atoms with Crippen LogP contribution in [0.2, 0.25) is 0 Å². The molecular formula is C14H18N2O5. The number of hydrogen-bond acceptors (Lipinski definition) is 4. The second kappa shape index (κ2) is 6.94. The van der Waals surface area contributed by atoms with Crippen molar-refractivity contribution in [1.82, 2.24) is 10.2 Å². The smallest absolute Gasteiger partial charge is 0.326 e. The summed E-state index contributed by atoms with van der Waals surface area (Å²) in [6.45, 7) is 0.568. The van der Waals surface area contributed by atoms with E-state index in [-0.39, 0.29) is 26.1 Å². The van der Waals surface area contributed by atoms with Crippen molar-refractivity contribution in [3.05, 3.63) is 30.3 Å². The first kappa shape index (κ1) is 15.1. The summed E-state index contributed by atoms with van der Waals surface area (Å²) in [7, 11) is 0. The predicted octanol–water partition coefficient (Wildman–Crippen LogP) is 0.295. The van der Waals surface area contributed by atoms with Crippen LogP contribution in [0.5, 0.6) is 5.75 Å². The zero-order valence-electron chi connectivity index (χ0n) is 11.4. The molecule has 2 rings (SSSR count). The number of β-amino-alcohol motifs (C(OH)–C–C–N with tert-alkyl or cyclic N) is 1. The number of para-hydroxylation sites is 1. The number of aliphatic hydroxyl groups excluding tert-OH is 1. The van der Waals surface area contributed by atoms with Crippen LogP contribution in [-0.2, 0) is 4.79 Å². The first-order valence-corrected chi connectivity index (χ1v) is 6.71. The number of rotatable bonds is 5. The van der Waals surface area contributed by atoms with Gasteiger partial charge in [-0.2, -0.15) is 0 Å². The average Bonchev–Trinajstić information content (AvgIpc) is 2.87. The lowest BCUT2D eigenvalue weighted by Gasteiger charge is -2.21. The van der Waals surface area contributed by atoms with E-state index in [1.807, 2.05) is 18.2 Å². The molecule has 2 atom stereocenters. The zero-order valence-corrected chi connectivity index (χ0v) is 11.4. The molecule has 0 aliphatic carbocycles. The fourth-order valence-corrected chi connectivity index (χ4v) is 2.22. The Morgan fingerprint density at radius 1 is 1.33 bits per heavy atom. The van der Waals surface area contributed by atoms with Crippen molar-refractivity contribution in [2.75, 3.05) is 19.7 Å². The minimum Gasteiger partial charge on any atom is -0.492 e. The summed E-state index contributed by atoms with van der Waals surface area (Å²) in [4.78, 5) is 24.1. The molecule has 0 spiro atoms. The van der Waals surface area contributed by atoms with Crippen LogP contribution in [0.3, 0.4) is 0 Å². The number of nitrogens with zero attached hydrogens (tertiary/aromatic N) is 1. The van der Waals surface area contributed by atoms with Crippen LogP contribution in [0.4, 0.5) is 4.79 Å². The number of urea groups is 1. The number of benzene rings is 1. The molecule has 0 radical (unpaired) electrons. The molecule has 1 aliphatic heterocycles. The quantitative estimate of drug-likeness (QED) is 0.678. The fourth-order valence-electron chi connectivity index (χ4n) is 2.22. The third-order valence-corrected chi connectivity index (χ3v) is 3.22. The Morgan fingerprint density at radius 3 is 2.71 bits per heavy atom. The van der Waals surface area contributed by atoms with Gasteiger partial charge in [0.25, 0.3) is 0 Å². The highest BCUT2D eigenvalue weighted by Gasteiger charge is 2.38. The van der Waals surface area contributed by atoms with E-state index in [9.17, 15) is 14.7 Å². The molecule has 0 aromatic heterocycles. The monoisotopic (exact) mass is 294 g/mol. The fraction of sp³-hybridized carbons (Fsp3) is 0.429. The number of amides is 2. The lowest BCUT2D eigenvalue weighted by molar-refractivity contribution is -0.141. The minimum atomic E-state index is -1.11. The van der Waals surface area contributed by atoms with Crippen molar-refractivity contribution in [1.29, 1.82) is 0 Å². The second-order valence-corrected chi connectivity index (χ2v) is 4.79. The van der Waals surface area contributed by atoms with Crippen molar-refractivity contribution < 1.29 is 24.5 Å². The van der Waals surface area contributed by atoms with E-state index in [0.29, 0.717) is 5.75 Å². The van der Waals surface area contributed by atoms with Gasteiger partial charge in [-0.05, 0) is 12.1 Å². The second-order valence-electron chi connectivity index (χ2n) is 4.79. The lowest BCUT2D eigenvalue weighted by Crippen LogP contribution is -2.47. The molecule has 3 N–H and O–H groups in total. The summed E-state index contributed by atoms with van der Waals surface area (Å²) < 4.78 is 5.42. The van der Waals surface area contributed by atoms with Gasteiger partial charge in [-0.15, -0.1) is 0 Å². The minimum absolute atomic E-state index is 0.0301. The van der Waals surface area contributed by atoms with Crippen LogP contribution in [0.1, 0.15) is 6.42 Å². The molecule has 7 nitrogen and oxygen atoms in total. The molecule has 1 fully saturated rings. The Labute approximate surface area is 122 Å². The number of nitrogens with one attached hydrogen (secondary N) is 1. The van der Waals surface area contributed by atoms with Gasteiger partial charge < -0.3 is 25.2 Å². The molecule has 114 valence electrons. The molecule has 1 saturated heterocycles. The van der Waals surface area contributed by atoms with E-state index in [1.165, 1.54) is 0 Å². The Hall–Kier alpha value is -2.28. The zero-order chi connectivity index (χ0) is 15.2. The van der Waals surface area contributed by atoms with Crippen LogP contribution in [-0.4, -0.2) is 59.0 Å². The molecule has 1 aromatic carbocycles. The molecular weight excluding hydrogens is 276 g/mol. The number of hydrogen-bond donors (Lipinski definition) is 3. The number of carboxylic acids is 1. The maximum atomic E-state index is 11.9. The molecule has 0 saturated carbocycles. The SMILES string of the molecule is O=C(O)[C@@H]1CC(O)CN1C(=O)NCCOc1ccccc1. The Kier molecular flexibility index (Phi) is 4.99. The van der Waals surface area contributed by atoms with E-state index in [2.05, 4.69) is 5.32 Å². The molecule has 2 amide bonds. The number of carbonyl (C=O) groups excluding carboxylic acids is 1. The van der Waals surface area contributed by atoms with E-state index < -0.39 is 24.1 Å². The number of carbonyl (C=O) groups is 2. The van der Waals surface area contributed by atoms with Gasteiger partial charge in [0.2, 0.25) is 0 Å². The van der Waals surface area contributed by atoms with Crippen LogP contribution >= 0.6 is 0 Å². The van der Waals surface area contributed by atoms with Crippen LogP contribution in [0, 0.1) is 0 Å². The summed E-state index contributed by atoms with van der Waals surface area (Å²) in [6, 6.07) is 7.69. The first-order valence-electron chi connectivity index (χ1n) is 6.71. The maximum Gasteiger partial charge on any atom is 0.326 e. The van der Waals surface area contributed by atoms with E-state index in [0.717, 1.165) is 4.90 Å². The summed E-state index contributed by atoms with van der Waals surface area (Å²) in [5, 5.41) is 21.1. The summed E-state index contributed by atoms with van der Waals surface area (Å²) in [5.74, 6) is -0.408. The van der Waals surface area contributed by atoms with Crippen molar-refractivity contribution in [3.8, 4) is 5.75 Å². The molecule has 21 heavy (non-hydrogen) atoms. The standard InChI is InChI=1S/C14H18N2O5/c17-10-8-12(13(18)19)16(9-10)14(20)15-6-7-21-11-4-2-1-3-5-11/h1-5,10,12,17H,6-9H2,(H,15,20)(H,18,19)/t10?,12-/m0/s1. The number of aliphatic carboxylic acids is 1. The van der Waals surface area contributed by atoms with Crippen LogP contribution in [0.15, 0.2) is 30.3 Å². The normalized spacial score (nSPS) is 21.1. The highest BCUT2D eigenvalue weighted by molar-refractivity contribution is 5.83. The van der Waals surface area contributed by atoms with E-state index >= 15 is 0 Å². The van der Waals surface area contributed by atoms with Crippen LogP contribution < -0.4 is 10.1 Å². The highest BCUT2D eigenvalue weighted by Crippen LogP contribution is 2.18. The van der Waals surface area contributed by atoms with Crippen molar-refractivity contribution >= 4 is 12.0 Å². The molecule has 0 bridgehead atoms. The predicted molar refractivity (Wildman–Crippen MR) is 74.1 cm³/mol. The molecule has 1 heterocycles. The van der Waals surface area contributed by atoms with E-state index in [1.54, 1.807) is 12.1 Å². The van der Waals surface area contributed by atoms with Gasteiger partial charge in [-0.3, -0.25) is 0 Å². The number of carboxylic acid groups (broad SMARTS) is 1. The maximum absolute atomic E-state index is 11.9. The number of likely N-dealkylation sites (tertiary alicyclic amines) is 1. The van der Waals surface area contributed by atoms with Gasteiger partial charge >= 0.3 is 12.0 Å². The largest absolute Gasteiger partial charge is 0.492 e. The summed E-state index contributed by atoms with van der Waals surface area (Å²) in [6.07, 6.45) is -0.735. The van der Waals surface area contributed by atoms with Crippen molar-refractivity contribution in [2.45, 2.75) is 18.6 Å². The summed E-state index contributed by atoms with van der Waals surface area (Å²) >= 11 is 0. The lowest BCUT2D eigenvalue weighted by atomic mass is 10.2. The third-order valence-electron chi connectivity index (χ3n) is 3.22. The first-order chi connectivity index (χ1) is 10.1. The third kappa shape index (κ3) is 4.09. The molecule has 1 aliphatic rings. The van der Waals surface area contributed by atoms with Gasteiger partial charge in [-0.25, -0.2) is 9.59 Å². The Bertz CT molecular complexity index is 493. The van der Waals surface area contributed by atoms with Crippen molar-refractivity contribution in [2.24, 2.45) is 0 Å².